The van der Waals surface area contributed by atoms with Crippen molar-refractivity contribution in [3.8, 4) is 0 Å². The molecule has 56 heavy (non-hydrogen) atoms. The van der Waals surface area contributed by atoms with Crippen LogP contribution in [0.5, 0.6) is 0 Å². The number of hydrogen-bond acceptors (Lipinski definition) is 2. The monoisotopic (exact) mass is 896 g/mol. The second-order valence-corrected chi connectivity index (χ2v) is 11.6. The highest BCUT2D eigenvalue weighted by atomic mass is 79.9. The zero-order valence-electron chi connectivity index (χ0n) is 26.2. The summed E-state index contributed by atoms with van der Waals surface area (Å²) in [7, 11) is 0. The average molecular weight is 897 g/mol. The highest BCUT2D eigenvalue weighted by Crippen LogP contribution is 2.30. The van der Waals surface area contributed by atoms with Gasteiger partial charge in [0.1, 0.15) is 52.7 Å². The molecule has 0 amide bonds. The van der Waals surface area contributed by atoms with E-state index in [9.17, 15) is 52.7 Å². The quantitative estimate of drug-likeness (QED) is 0.0342. The molecule has 0 radical (unpaired) electrons. The number of halogens is 21. The van der Waals surface area contributed by atoms with E-state index in [1.165, 1.54) is 0 Å². The summed E-state index contributed by atoms with van der Waals surface area (Å²) in [5.74, 6) is -71.4. The van der Waals surface area contributed by atoms with Crippen molar-refractivity contribution in [3.63, 3.8) is 0 Å². The van der Waals surface area contributed by atoms with E-state index in [-0.39, 0.29) is 0 Å². The minimum absolute atomic E-state index is 0.722. The summed E-state index contributed by atoms with van der Waals surface area (Å²) in [6.45, 7) is 0.722. The van der Waals surface area contributed by atoms with Crippen molar-refractivity contribution in [1.29, 1.82) is 0 Å². The molecule has 0 saturated carbocycles. The Morgan fingerprint density at radius 2 is 0.607 bits per heavy atom. The Morgan fingerprint density at radius 3 is 0.821 bits per heavy atom. The van der Waals surface area contributed by atoms with Crippen molar-refractivity contribution in [1.82, 2.24) is 4.98 Å². The van der Waals surface area contributed by atoms with Crippen molar-refractivity contribution in [2.45, 2.75) is 6.42 Å². The molecule has 5 aromatic rings. The molecule has 3 nitrogen and oxygen atoms in total. The zero-order valence-corrected chi connectivity index (χ0v) is 27.8. The molecule has 25 heteroatoms. The molecule has 0 saturated heterocycles. The van der Waals surface area contributed by atoms with E-state index in [0.29, 0.717) is 0 Å². The Balaban J connectivity index is 0.000000544. The van der Waals surface area contributed by atoms with Crippen molar-refractivity contribution >= 4 is 43.9 Å². The highest BCUT2D eigenvalue weighted by Gasteiger charge is 2.52. The van der Waals surface area contributed by atoms with Gasteiger partial charge in [-0.2, -0.15) is 0 Å². The maximum absolute atomic E-state index is 15.4. The predicted molar refractivity (Wildman–Crippen MR) is 154 cm³/mol. The Kier molecular flexibility index (Phi) is 12.9. The van der Waals surface area contributed by atoms with Crippen LogP contribution in [0, 0.1) is 116 Å². The van der Waals surface area contributed by atoms with Crippen molar-refractivity contribution in [3.05, 3.63) is 141 Å². The molecule has 0 bridgehead atoms. The number of nitrogens with zero attached hydrogens (tertiary/aromatic N) is 2. The van der Waals surface area contributed by atoms with Crippen LogP contribution in [-0.2, 0) is 0 Å². The molecule has 4 aromatic carbocycles. The van der Waals surface area contributed by atoms with Crippen LogP contribution in [0.15, 0.2) is 24.8 Å². The molecule has 1 heterocycles. The van der Waals surface area contributed by atoms with Crippen molar-refractivity contribution in [2.24, 2.45) is 0 Å². The van der Waals surface area contributed by atoms with Gasteiger partial charge in [0.25, 0.3) is 0 Å². The van der Waals surface area contributed by atoms with Crippen molar-refractivity contribution in [2.75, 3.05) is 11.9 Å². The lowest BCUT2D eigenvalue weighted by Crippen LogP contribution is -2.81. The van der Waals surface area contributed by atoms with Gasteiger partial charge in [0.05, 0.1) is 12.4 Å². The molecular formula is C31H10BBrF20N2O. The predicted octanol–water partition coefficient (Wildman–Crippen LogP) is 6.43. The molecule has 0 atom stereocenters. The number of alkyl halides is 1. The summed E-state index contributed by atoms with van der Waals surface area (Å²) in [4.78, 5) is 9.16. The van der Waals surface area contributed by atoms with Gasteiger partial charge in [-0.1, -0.05) is 15.9 Å². The number of benzene rings is 4. The van der Waals surface area contributed by atoms with E-state index in [1.807, 2.05) is 0 Å². The van der Waals surface area contributed by atoms with Gasteiger partial charge in [-0.05, 0) is 6.42 Å². The first-order chi connectivity index (χ1) is 26.1. The molecule has 5 rings (SSSR count). The SMILES string of the molecule is BrCCCO[n+]1ccncc1.Fc1c(F)c(F)c([B-](c2c(F)c(F)c(F)c(F)c2F)(c2c(F)c(F)c(F)c(F)c2F)c2c(F)c(F)c(F)c(F)c2F)c(F)c1F. The lowest BCUT2D eigenvalue weighted by Gasteiger charge is -2.44. The summed E-state index contributed by atoms with van der Waals surface area (Å²) < 4.78 is 296. The standard InChI is InChI=1S/C24BF20.C7H10BrN2O/c26-5-1(6(27)14(35)21(42)13(5)34)25(2-7(28)15(36)22(43)16(37)8(2)29,3-9(30)17(38)23(44)18(39)10(3)31)4-11(32)19(40)24(45)20(41)12(4)33;8-2-1-7-11-10-5-3-9-4-6-10/h;3-6H,1-2,7H2/q-1;+1. The van der Waals surface area contributed by atoms with Crippen LogP contribution in [0.4, 0.5) is 87.8 Å². The Morgan fingerprint density at radius 1 is 0.393 bits per heavy atom. The van der Waals surface area contributed by atoms with Crippen LogP contribution >= 0.6 is 15.9 Å². The lowest BCUT2D eigenvalue weighted by atomic mass is 9.12. The largest absolute Gasteiger partial charge is 0.271 e. The van der Waals surface area contributed by atoms with Crippen molar-refractivity contribution < 1.29 is 97.4 Å². The van der Waals surface area contributed by atoms with Gasteiger partial charge in [0.2, 0.25) is 12.4 Å². The smallest absolute Gasteiger partial charge is 0.240 e. The van der Waals surface area contributed by atoms with E-state index < -0.39 is 144 Å². The molecule has 0 fully saturated rings. The van der Waals surface area contributed by atoms with E-state index in [1.54, 1.807) is 29.5 Å². The summed E-state index contributed by atoms with van der Waals surface area (Å²) in [6, 6.07) is 0. The van der Waals surface area contributed by atoms with Gasteiger partial charge in [-0.15, -0.1) is 21.9 Å². The molecule has 0 aliphatic heterocycles. The number of rotatable bonds is 8. The van der Waals surface area contributed by atoms with Gasteiger partial charge < -0.3 is 0 Å². The average Bonchev–Trinajstić information content (AvgIpc) is 3.18. The summed E-state index contributed by atoms with van der Waals surface area (Å²) in [5.41, 5.74) is -14.3. The second-order valence-electron chi connectivity index (χ2n) is 10.8. The van der Waals surface area contributed by atoms with Crippen LogP contribution in [-0.4, -0.2) is 23.1 Å². The third kappa shape index (κ3) is 6.86. The summed E-state index contributed by atoms with van der Waals surface area (Å²) >= 11 is 3.32. The van der Waals surface area contributed by atoms with Gasteiger partial charge >= 0.3 is 0 Å². The Bertz CT molecular complexity index is 1970. The van der Waals surface area contributed by atoms with E-state index in [2.05, 4.69) is 20.9 Å². The highest BCUT2D eigenvalue weighted by molar-refractivity contribution is 9.09. The minimum atomic E-state index is -7.22. The van der Waals surface area contributed by atoms with Crippen LogP contribution in [0.2, 0.25) is 0 Å². The molecule has 300 valence electrons. The maximum atomic E-state index is 15.4. The molecule has 1 aromatic heterocycles. The first kappa shape index (κ1) is 43.6. The molecule has 0 spiro atoms. The van der Waals surface area contributed by atoms with Crippen LogP contribution in [0.25, 0.3) is 0 Å². The van der Waals surface area contributed by atoms with Gasteiger partial charge in [0, 0.05) is 10.1 Å². The summed E-state index contributed by atoms with van der Waals surface area (Å²) in [6.07, 6.45) is 0.714. The fourth-order valence-corrected chi connectivity index (χ4v) is 5.72. The fourth-order valence-electron chi connectivity index (χ4n) is 5.49. The number of aromatic nitrogens is 2. The third-order valence-electron chi connectivity index (χ3n) is 7.82. The van der Waals surface area contributed by atoms with Gasteiger partial charge in [0.15, 0.2) is 76.4 Å². The molecule has 0 aliphatic carbocycles. The number of hydrogen-bond donors (Lipinski definition) is 0. The second kappa shape index (κ2) is 16.6. The first-order valence-corrected chi connectivity index (χ1v) is 15.5. The maximum Gasteiger partial charge on any atom is 0.240 e. The lowest BCUT2D eigenvalue weighted by molar-refractivity contribution is -0.891. The normalized spacial score (nSPS) is 11.5. The molecule has 0 unspecified atom stereocenters. The van der Waals surface area contributed by atoms with Crippen LogP contribution < -0.4 is 31.4 Å². The fraction of sp³-hybridized carbons (Fsp3) is 0.0968. The zero-order chi connectivity index (χ0) is 42.3. The molecule has 0 N–H and O–H groups in total. The topological polar surface area (TPSA) is 26.0 Å². The first-order valence-electron chi connectivity index (χ1n) is 14.4. The van der Waals surface area contributed by atoms with Gasteiger partial charge in [-0.25, -0.2) is 87.8 Å². The summed E-state index contributed by atoms with van der Waals surface area (Å²) in [5, 5.41) is 0.971. The van der Waals surface area contributed by atoms with Crippen LogP contribution in [0.3, 0.4) is 0 Å². The molecular weight excluding hydrogens is 887 g/mol. The van der Waals surface area contributed by atoms with E-state index in [0.717, 1.165) is 18.4 Å². The van der Waals surface area contributed by atoms with E-state index in [4.69, 9.17) is 4.84 Å². The Hall–Kier alpha value is -5.10. The van der Waals surface area contributed by atoms with Gasteiger partial charge in [-0.3, -0.25) is 9.82 Å². The minimum Gasteiger partial charge on any atom is -0.271 e. The molecule has 0 aliphatic rings. The third-order valence-corrected chi connectivity index (χ3v) is 8.39. The van der Waals surface area contributed by atoms with E-state index >= 15 is 35.1 Å². The van der Waals surface area contributed by atoms with Crippen LogP contribution in [0.1, 0.15) is 6.42 Å². The Labute approximate surface area is 305 Å².